The quantitative estimate of drug-likeness (QED) is 0.705. The Kier molecular flexibility index (Phi) is 6.28. The zero-order valence-electron chi connectivity index (χ0n) is 7.00. The second-order valence-corrected chi connectivity index (χ2v) is 2.01. The van der Waals surface area contributed by atoms with Crippen LogP contribution in [-0.4, -0.2) is 15.8 Å². The molecule has 0 spiro atoms. The lowest BCUT2D eigenvalue weighted by atomic mass is 10.3. The van der Waals surface area contributed by atoms with Crippen LogP contribution in [0.2, 0.25) is 0 Å². The van der Waals surface area contributed by atoms with Gasteiger partial charge in [-0.1, -0.05) is 13.8 Å². The zero-order chi connectivity index (χ0) is 8.53. The van der Waals surface area contributed by atoms with Gasteiger partial charge in [-0.25, -0.2) is 4.98 Å². The Morgan fingerprint density at radius 2 is 2.09 bits per heavy atom. The second-order valence-electron chi connectivity index (χ2n) is 2.01. The van der Waals surface area contributed by atoms with Gasteiger partial charge in [-0.3, -0.25) is 4.79 Å². The van der Waals surface area contributed by atoms with Gasteiger partial charge in [0, 0.05) is 25.2 Å². The number of aromatic nitrogens is 2. The van der Waals surface area contributed by atoms with Crippen molar-refractivity contribution >= 4 is 5.78 Å². The van der Waals surface area contributed by atoms with Gasteiger partial charge in [-0.15, -0.1) is 0 Å². The summed E-state index contributed by atoms with van der Waals surface area (Å²) in [5.74, 6) is 0.343. The van der Waals surface area contributed by atoms with Crippen molar-refractivity contribution in [3.63, 3.8) is 0 Å². The van der Waals surface area contributed by atoms with Crippen LogP contribution in [0.4, 0.5) is 0 Å². The van der Waals surface area contributed by atoms with Crippen LogP contribution in [0, 0.1) is 0 Å². The van der Waals surface area contributed by atoms with Gasteiger partial charge in [0.15, 0.2) is 0 Å². The molecule has 0 fully saturated rings. The molecular formula is C8H14N2O. The van der Waals surface area contributed by atoms with E-state index in [9.17, 15) is 4.79 Å². The summed E-state index contributed by atoms with van der Waals surface area (Å²) in [6, 6.07) is 0. The molecule has 0 saturated carbocycles. The van der Waals surface area contributed by atoms with E-state index in [4.69, 9.17) is 0 Å². The summed E-state index contributed by atoms with van der Waals surface area (Å²) >= 11 is 0. The molecule has 0 atom stereocenters. The van der Waals surface area contributed by atoms with E-state index in [1.165, 1.54) is 0 Å². The van der Waals surface area contributed by atoms with Crippen molar-refractivity contribution in [1.29, 1.82) is 0 Å². The first kappa shape index (κ1) is 9.88. The van der Waals surface area contributed by atoms with Crippen molar-refractivity contribution in [3.8, 4) is 0 Å². The summed E-state index contributed by atoms with van der Waals surface area (Å²) in [5, 5.41) is 0. The Bertz CT molecular complexity index is 147. The minimum Gasteiger partial charge on any atom is -0.351 e. The number of nitrogens with zero attached hydrogens (tertiary/aromatic N) is 1. The van der Waals surface area contributed by atoms with E-state index < -0.39 is 0 Å². The minimum atomic E-state index is 0.343. The van der Waals surface area contributed by atoms with E-state index >= 15 is 0 Å². The molecule has 1 rings (SSSR count). The van der Waals surface area contributed by atoms with Crippen LogP contribution >= 0.6 is 0 Å². The Hall–Kier alpha value is -1.12. The molecule has 3 nitrogen and oxygen atoms in total. The fraction of sp³-hybridized carbons (Fsp3) is 0.500. The van der Waals surface area contributed by atoms with E-state index in [1.54, 1.807) is 18.7 Å². The molecule has 3 heteroatoms. The molecular weight excluding hydrogens is 140 g/mol. The van der Waals surface area contributed by atoms with Gasteiger partial charge in [0.2, 0.25) is 0 Å². The summed E-state index contributed by atoms with van der Waals surface area (Å²) in [6.07, 6.45) is 6.47. The SMILES string of the molecule is CCC(=O)CC.c1c[nH]cn1. The van der Waals surface area contributed by atoms with E-state index in [2.05, 4.69) is 9.97 Å². The van der Waals surface area contributed by atoms with Crippen LogP contribution in [0.15, 0.2) is 18.7 Å². The summed E-state index contributed by atoms with van der Waals surface area (Å²) in [7, 11) is 0. The molecule has 0 bridgehead atoms. The molecule has 0 aliphatic heterocycles. The fourth-order valence-electron chi connectivity index (χ4n) is 0.465. The van der Waals surface area contributed by atoms with Crippen LogP contribution in [-0.2, 0) is 4.79 Å². The fourth-order valence-corrected chi connectivity index (χ4v) is 0.465. The number of carbonyl (C=O) groups excluding carboxylic acids is 1. The predicted octanol–water partition coefficient (Wildman–Crippen LogP) is 1.79. The van der Waals surface area contributed by atoms with Crippen LogP contribution in [0.5, 0.6) is 0 Å². The molecule has 0 aromatic carbocycles. The Balaban J connectivity index is 0.000000183. The van der Waals surface area contributed by atoms with Crippen molar-refractivity contribution < 1.29 is 4.79 Å². The highest BCUT2D eigenvalue weighted by molar-refractivity contribution is 5.77. The van der Waals surface area contributed by atoms with E-state index in [0.29, 0.717) is 18.6 Å². The van der Waals surface area contributed by atoms with Gasteiger partial charge in [0.1, 0.15) is 5.78 Å². The number of imidazole rings is 1. The van der Waals surface area contributed by atoms with Crippen LogP contribution < -0.4 is 0 Å². The number of aromatic amines is 1. The molecule has 0 aliphatic carbocycles. The van der Waals surface area contributed by atoms with Crippen molar-refractivity contribution in [2.75, 3.05) is 0 Å². The molecule has 62 valence electrons. The summed E-state index contributed by atoms with van der Waals surface area (Å²) in [4.78, 5) is 16.6. The van der Waals surface area contributed by atoms with E-state index in [1.807, 2.05) is 13.8 Å². The van der Waals surface area contributed by atoms with Gasteiger partial charge in [-0.2, -0.15) is 0 Å². The summed E-state index contributed by atoms with van der Waals surface area (Å²) in [6.45, 7) is 3.76. The molecule has 1 aromatic heterocycles. The molecule has 0 saturated heterocycles. The van der Waals surface area contributed by atoms with Crippen LogP contribution in [0.3, 0.4) is 0 Å². The predicted molar refractivity (Wildman–Crippen MR) is 44.2 cm³/mol. The highest BCUT2D eigenvalue weighted by Gasteiger charge is 1.86. The van der Waals surface area contributed by atoms with Gasteiger partial charge >= 0.3 is 0 Å². The molecule has 1 aromatic rings. The number of rotatable bonds is 2. The van der Waals surface area contributed by atoms with Gasteiger partial charge in [0.25, 0.3) is 0 Å². The smallest absolute Gasteiger partial charge is 0.132 e. The molecule has 1 N–H and O–H groups in total. The average molecular weight is 154 g/mol. The maximum absolute atomic E-state index is 10.2. The third-order valence-electron chi connectivity index (χ3n) is 1.19. The largest absolute Gasteiger partial charge is 0.351 e. The number of ketones is 1. The standard InChI is InChI=1S/C5H10O.C3H4N2/c1-3-5(6)4-2;1-2-5-3-4-1/h3-4H2,1-2H3;1-3H,(H,4,5). The van der Waals surface area contributed by atoms with Crippen LogP contribution in [0.1, 0.15) is 26.7 Å². The topological polar surface area (TPSA) is 45.8 Å². The third-order valence-corrected chi connectivity index (χ3v) is 1.19. The van der Waals surface area contributed by atoms with Crippen molar-refractivity contribution in [3.05, 3.63) is 18.7 Å². The van der Waals surface area contributed by atoms with E-state index in [0.717, 1.165) is 0 Å². The number of H-pyrrole nitrogens is 1. The van der Waals surface area contributed by atoms with Crippen LogP contribution in [0.25, 0.3) is 0 Å². The number of nitrogens with one attached hydrogen (secondary N) is 1. The normalized spacial score (nSPS) is 8.18. The molecule has 0 amide bonds. The second kappa shape index (κ2) is 6.99. The van der Waals surface area contributed by atoms with E-state index in [-0.39, 0.29) is 0 Å². The van der Waals surface area contributed by atoms with Gasteiger partial charge in [-0.05, 0) is 0 Å². The number of Topliss-reactive ketones (excluding diaryl/α,β-unsaturated/α-hetero) is 1. The maximum atomic E-state index is 10.2. The highest BCUT2D eigenvalue weighted by Crippen LogP contribution is 1.83. The first-order valence-electron chi connectivity index (χ1n) is 3.75. The minimum absolute atomic E-state index is 0.343. The van der Waals surface area contributed by atoms with Crippen molar-refractivity contribution in [1.82, 2.24) is 9.97 Å². The number of hydrogen-bond acceptors (Lipinski definition) is 2. The van der Waals surface area contributed by atoms with Crippen molar-refractivity contribution in [2.45, 2.75) is 26.7 Å². The average Bonchev–Trinajstić information content (AvgIpc) is 2.60. The lowest BCUT2D eigenvalue weighted by molar-refractivity contribution is -0.118. The van der Waals surface area contributed by atoms with Gasteiger partial charge in [0.05, 0.1) is 6.33 Å². The summed E-state index contributed by atoms with van der Waals surface area (Å²) < 4.78 is 0. The lowest BCUT2D eigenvalue weighted by Gasteiger charge is -1.81. The van der Waals surface area contributed by atoms with Gasteiger partial charge < -0.3 is 4.98 Å². The molecule has 11 heavy (non-hydrogen) atoms. The Morgan fingerprint density at radius 1 is 1.45 bits per heavy atom. The Labute approximate surface area is 66.9 Å². The molecule has 0 aliphatic rings. The first-order valence-corrected chi connectivity index (χ1v) is 3.75. The zero-order valence-corrected chi connectivity index (χ0v) is 7.00. The number of hydrogen-bond donors (Lipinski definition) is 1. The monoisotopic (exact) mass is 154 g/mol. The highest BCUT2D eigenvalue weighted by atomic mass is 16.1. The Morgan fingerprint density at radius 3 is 2.18 bits per heavy atom. The first-order chi connectivity index (χ1) is 5.31. The van der Waals surface area contributed by atoms with Crippen molar-refractivity contribution in [2.24, 2.45) is 0 Å². The molecule has 0 unspecified atom stereocenters. The summed E-state index contributed by atoms with van der Waals surface area (Å²) in [5.41, 5.74) is 0. The lowest BCUT2D eigenvalue weighted by Crippen LogP contribution is -1.88. The number of carbonyl (C=O) groups is 1. The maximum Gasteiger partial charge on any atom is 0.132 e. The molecule has 1 heterocycles. The third kappa shape index (κ3) is 6.77. The molecule has 0 radical (unpaired) electrons.